The van der Waals surface area contributed by atoms with Crippen molar-refractivity contribution in [3.8, 4) is 0 Å². The minimum Gasteiger partial charge on any atom is -0.397 e. The molecular weight excluding hydrogens is 216 g/mol. The van der Waals surface area contributed by atoms with Crippen LogP contribution in [0.5, 0.6) is 0 Å². The quantitative estimate of drug-likeness (QED) is 0.616. The van der Waals surface area contributed by atoms with E-state index in [1.165, 1.54) is 6.08 Å². The lowest BCUT2D eigenvalue weighted by Gasteiger charge is -2.20. The van der Waals surface area contributed by atoms with Crippen molar-refractivity contribution in [2.24, 2.45) is 11.5 Å². The first-order valence-electron chi connectivity index (χ1n) is 4.17. The number of carbonyl (C=O) groups is 2. The van der Waals surface area contributed by atoms with Crippen LogP contribution in [-0.2, 0) is 9.59 Å². The minimum absolute atomic E-state index is 0.101. The lowest BCUT2D eigenvalue weighted by molar-refractivity contribution is -0.114. The Kier molecular flexibility index (Phi) is 2.01. The van der Waals surface area contributed by atoms with Crippen LogP contribution in [0, 0.1) is 0 Å². The van der Waals surface area contributed by atoms with Gasteiger partial charge in [0.15, 0.2) is 5.78 Å². The summed E-state index contributed by atoms with van der Waals surface area (Å²) in [5.41, 5.74) is 11.7. The van der Waals surface area contributed by atoms with E-state index >= 15 is 0 Å². The summed E-state index contributed by atoms with van der Waals surface area (Å²) in [7, 11) is 0. The van der Waals surface area contributed by atoms with Gasteiger partial charge in [0.2, 0.25) is 5.78 Å². The van der Waals surface area contributed by atoms with Crippen molar-refractivity contribution in [1.82, 2.24) is 0 Å². The largest absolute Gasteiger partial charge is 0.397 e. The van der Waals surface area contributed by atoms with Crippen molar-refractivity contribution in [2.75, 3.05) is 0 Å². The number of rotatable bonds is 0. The molecule has 2 aliphatic rings. The van der Waals surface area contributed by atoms with E-state index < -0.39 is 5.78 Å². The molecule has 2 aliphatic carbocycles. The molecule has 0 aliphatic heterocycles. The van der Waals surface area contributed by atoms with Crippen LogP contribution in [0.2, 0.25) is 0 Å². The zero-order valence-corrected chi connectivity index (χ0v) is 8.34. The SMILES string of the molecule is NC1=C(Cl)C(=O)C(N)=C2C(=O)C=CC=C12. The van der Waals surface area contributed by atoms with Crippen LogP contribution >= 0.6 is 11.6 Å². The minimum atomic E-state index is -0.593. The standard InChI is InChI=1S/C10H7ClN2O2/c11-7-8(12)4-2-1-3-5(14)6(4)9(13)10(7)15/h1-3H,12-13H2. The van der Waals surface area contributed by atoms with Crippen LogP contribution in [0.4, 0.5) is 0 Å². The predicted molar refractivity (Wildman–Crippen MR) is 55.5 cm³/mol. The molecule has 76 valence electrons. The van der Waals surface area contributed by atoms with Crippen molar-refractivity contribution >= 4 is 23.2 Å². The number of Topliss-reactive ketones (excluding diaryl/α,β-unsaturated/α-hetero) is 1. The van der Waals surface area contributed by atoms with Gasteiger partial charge in [-0.3, -0.25) is 9.59 Å². The zero-order chi connectivity index (χ0) is 11.2. The smallest absolute Gasteiger partial charge is 0.222 e. The maximum absolute atomic E-state index is 11.5. The van der Waals surface area contributed by atoms with E-state index in [0.29, 0.717) is 5.57 Å². The normalized spacial score (nSPS) is 20.7. The third-order valence-electron chi connectivity index (χ3n) is 2.27. The summed E-state index contributed by atoms with van der Waals surface area (Å²) in [5.74, 6) is -0.921. The molecule has 0 amide bonds. The number of hydrogen-bond donors (Lipinski definition) is 2. The van der Waals surface area contributed by atoms with E-state index in [-0.39, 0.29) is 27.8 Å². The van der Waals surface area contributed by atoms with Crippen LogP contribution in [0.1, 0.15) is 0 Å². The maximum Gasteiger partial charge on any atom is 0.222 e. The molecule has 2 rings (SSSR count). The van der Waals surface area contributed by atoms with E-state index in [2.05, 4.69) is 0 Å². The van der Waals surface area contributed by atoms with Gasteiger partial charge in [-0.1, -0.05) is 23.8 Å². The molecule has 0 saturated heterocycles. The lowest BCUT2D eigenvalue weighted by atomic mass is 9.87. The van der Waals surface area contributed by atoms with Gasteiger partial charge in [-0.2, -0.15) is 0 Å². The second kappa shape index (κ2) is 3.10. The van der Waals surface area contributed by atoms with Gasteiger partial charge in [-0.15, -0.1) is 0 Å². The Morgan fingerprint density at radius 2 is 1.80 bits per heavy atom. The van der Waals surface area contributed by atoms with Crippen LogP contribution in [0.15, 0.2) is 45.8 Å². The molecule has 5 heteroatoms. The lowest BCUT2D eigenvalue weighted by Crippen LogP contribution is -2.28. The molecule has 0 aromatic carbocycles. The molecule has 0 aromatic rings. The van der Waals surface area contributed by atoms with E-state index in [9.17, 15) is 9.59 Å². The van der Waals surface area contributed by atoms with Crippen molar-refractivity contribution in [3.63, 3.8) is 0 Å². The van der Waals surface area contributed by atoms with Crippen molar-refractivity contribution < 1.29 is 9.59 Å². The number of nitrogens with two attached hydrogens (primary N) is 2. The molecule has 0 bridgehead atoms. The monoisotopic (exact) mass is 222 g/mol. The molecule has 0 spiro atoms. The van der Waals surface area contributed by atoms with Gasteiger partial charge < -0.3 is 11.5 Å². The highest BCUT2D eigenvalue weighted by Crippen LogP contribution is 2.32. The predicted octanol–water partition coefficient (Wildman–Crippen LogP) is 0.256. The van der Waals surface area contributed by atoms with Gasteiger partial charge >= 0.3 is 0 Å². The third kappa shape index (κ3) is 1.22. The highest BCUT2D eigenvalue weighted by atomic mass is 35.5. The van der Waals surface area contributed by atoms with E-state index in [4.69, 9.17) is 23.1 Å². The van der Waals surface area contributed by atoms with E-state index in [1.54, 1.807) is 12.2 Å². The highest BCUT2D eigenvalue weighted by molar-refractivity contribution is 6.47. The topological polar surface area (TPSA) is 86.2 Å². The molecule has 0 heterocycles. The fourth-order valence-electron chi connectivity index (χ4n) is 1.51. The Hall–Kier alpha value is -1.81. The molecule has 4 nitrogen and oxygen atoms in total. The van der Waals surface area contributed by atoms with Gasteiger partial charge in [0.05, 0.1) is 17.0 Å². The van der Waals surface area contributed by atoms with Crippen LogP contribution in [0.25, 0.3) is 0 Å². The Morgan fingerprint density at radius 3 is 2.47 bits per heavy atom. The average molecular weight is 223 g/mol. The second-order valence-corrected chi connectivity index (χ2v) is 3.53. The Labute approximate surface area is 90.6 Å². The molecule has 15 heavy (non-hydrogen) atoms. The number of fused-ring (bicyclic) bond motifs is 1. The van der Waals surface area contributed by atoms with Crippen LogP contribution in [-0.4, -0.2) is 11.6 Å². The summed E-state index contributed by atoms with van der Waals surface area (Å²) in [6, 6.07) is 0. The fraction of sp³-hybridized carbons (Fsp3) is 0. The van der Waals surface area contributed by atoms with Crippen molar-refractivity contribution in [1.29, 1.82) is 0 Å². The first-order valence-corrected chi connectivity index (χ1v) is 4.55. The molecule has 0 fully saturated rings. The second-order valence-electron chi connectivity index (χ2n) is 3.15. The summed E-state index contributed by atoms with van der Waals surface area (Å²) in [4.78, 5) is 23.0. The molecular formula is C10H7ClN2O2. The maximum atomic E-state index is 11.5. The molecule has 0 unspecified atom stereocenters. The van der Waals surface area contributed by atoms with Gasteiger partial charge in [-0.25, -0.2) is 0 Å². The van der Waals surface area contributed by atoms with Gasteiger partial charge in [0.25, 0.3) is 0 Å². The number of ketones is 2. The molecule has 0 saturated carbocycles. The number of hydrogen-bond acceptors (Lipinski definition) is 4. The van der Waals surface area contributed by atoms with Crippen LogP contribution < -0.4 is 11.5 Å². The Morgan fingerprint density at radius 1 is 1.13 bits per heavy atom. The Bertz CT molecular complexity index is 510. The van der Waals surface area contributed by atoms with Crippen molar-refractivity contribution in [2.45, 2.75) is 0 Å². The molecule has 0 aromatic heterocycles. The highest BCUT2D eigenvalue weighted by Gasteiger charge is 2.31. The summed E-state index contributed by atoms with van der Waals surface area (Å²) < 4.78 is 0. The summed E-state index contributed by atoms with van der Waals surface area (Å²) in [5, 5.41) is -0.134. The van der Waals surface area contributed by atoms with Crippen molar-refractivity contribution in [3.05, 3.63) is 45.8 Å². The molecule has 0 radical (unpaired) electrons. The first kappa shape index (κ1) is 9.73. The summed E-state index contributed by atoms with van der Waals surface area (Å²) in [6.07, 6.45) is 4.47. The van der Waals surface area contributed by atoms with Gasteiger partial charge in [-0.05, 0) is 6.08 Å². The molecule has 0 atom stereocenters. The van der Waals surface area contributed by atoms with Gasteiger partial charge in [0, 0.05) is 5.57 Å². The zero-order valence-electron chi connectivity index (χ0n) is 7.58. The molecule has 4 N–H and O–H groups in total. The fourth-order valence-corrected chi connectivity index (χ4v) is 1.71. The average Bonchev–Trinajstić information content (AvgIpc) is 2.23. The third-order valence-corrected chi connectivity index (χ3v) is 2.64. The number of allylic oxidation sites excluding steroid dienone is 5. The Balaban J connectivity index is 2.73. The summed E-state index contributed by atoms with van der Waals surface area (Å²) in [6.45, 7) is 0. The van der Waals surface area contributed by atoms with E-state index in [0.717, 1.165) is 0 Å². The first-order chi connectivity index (χ1) is 7.04. The number of halogens is 1. The number of carbonyl (C=O) groups excluding carboxylic acids is 2. The van der Waals surface area contributed by atoms with Gasteiger partial charge in [0.1, 0.15) is 5.03 Å². The van der Waals surface area contributed by atoms with Crippen LogP contribution in [0.3, 0.4) is 0 Å². The summed E-state index contributed by atoms with van der Waals surface area (Å²) >= 11 is 5.69. The van der Waals surface area contributed by atoms with E-state index in [1.807, 2.05) is 0 Å².